The van der Waals surface area contributed by atoms with Gasteiger partial charge in [0.1, 0.15) is 0 Å². The van der Waals surface area contributed by atoms with Gasteiger partial charge in [0.2, 0.25) is 0 Å². The van der Waals surface area contributed by atoms with E-state index in [4.69, 9.17) is 11.5 Å². The Kier molecular flexibility index (Phi) is 2.73. The van der Waals surface area contributed by atoms with E-state index in [0.717, 1.165) is 0 Å². The fourth-order valence-corrected chi connectivity index (χ4v) is 1.98. The van der Waals surface area contributed by atoms with Gasteiger partial charge in [0, 0.05) is 31.6 Å². The summed E-state index contributed by atoms with van der Waals surface area (Å²) in [6.07, 6.45) is -0.442. The molecule has 4 nitrogen and oxygen atoms in total. The van der Waals surface area contributed by atoms with E-state index in [1.165, 1.54) is 6.07 Å². The fraction of sp³-hybridized carbons (Fsp3) is 0.455. The number of nitrogens with zero attached hydrogens (tertiary/aromatic N) is 1. The number of piperidine rings is 1. The van der Waals surface area contributed by atoms with Crippen LogP contribution >= 0.6 is 0 Å². The zero-order chi connectivity index (χ0) is 12.6. The first-order valence-electron chi connectivity index (χ1n) is 5.40. The Morgan fingerprint density at radius 1 is 1.18 bits per heavy atom. The summed E-state index contributed by atoms with van der Waals surface area (Å²) in [5.74, 6) is -2.71. The summed E-state index contributed by atoms with van der Waals surface area (Å²) in [5, 5.41) is 9.79. The van der Waals surface area contributed by atoms with Crippen LogP contribution in [0.1, 0.15) is 12.8 Å². The lowest BCUT2D eigenvalue weighted by molar-refractivity contribution is -0.0221. The number of anilines is 3. The number of benzene rings is 1. The second-order valence-corrected chi connectivity index (χ2v) is 4.32. The van der Waals surface area contributed by atoms with Crippen molar-refractivity contribution in [3.63, 3.8) is 0 Å². The molecule has 5 N–H and O–H groups in total. The first kappa shape index (κ1) is 11.8. The van der Waals surface area contributed by atoms with Crippen LogP contribution in [0.2, 0.25) is 0 Å². The molecule has 1 aliphatic heterocycles. The minimum Gasteiger partial charge on any atom is -0.504 e. The quantitative estimate of drug-likeness (QED) is 0.399. The number of phenolic OH excluding ortho intramolecular Hbond substituents is 1. The predicted molar refractivity (Wildman–Crippen MR) is 63.3 cm³/mol. The van der Waals surface area contributed by atoms with E-state index in [2.05, 4.69) is 0 Å². The molecule has 0 aromatic heterocycles. The number of halogens is 2. The number of alkyl halides is 2. The van der Waals surface area contributed by atoms with Crippen LogP contribution in [0.3, 0.4) is 0 Å². The van der Waals surface area contributed by atoms with Crippen LogP contribution in [0.25, 0.3) is 0 Å². The molecule has 0 aliphatic carbocycles. The van der Waals surface area contributed by atoms with Crippen molar-refractivity contribution in [2.75, 3.05) is 29.5 Å². The van der Waals surface area contributed by atoms with Crippen LogP contribution in [0.4, 0.5) is 25.8 Å². The van der Waals surface area contributed by atoms with Crippen molar-refractivity contribution in [2.45, 2.75) is 18.8 Å². The van der Waals surface area contributed by atoms with Crippen LogP contribution in [-0.4, -0.2) is 24.1 Å². The van der Waals surface area contributed by atoms with E-state index in [9.17, 15) is 13.9 Å². The molecule has 0 spiro atoms. The zero-order valence-corrected chi connectivity index (χ0v) is 9.29. The predicted octanol–water partition coefficient (Wildman–Crippen LogP) is 1.79. The van der Waals surface area contributed by atoms with Gasteiger partial charge in [-0.3, -0.25) is 0 Å². The van der Waals surface area contributed by atoms with Crippen LogP contribution in [0.15, 0.2) is 12.1 Å². The number of aromatic hydroxyl groups is 1. The smallest absolute Gasteiger partial charge is 0.251 e. The zero-order valence-electron chi connectivity index (χ0n) is 9.29. The Hall–Kier alpha value is -1.72. The van der Waals surface area contributed by atoms with Crippen LogP contribution < -0.4 is 16.4 Å². The third-order valence-electron chi connectivity index (χ3n) is 2.98. The SMILES string of the molecule is Nc1cc(N)c(O)c(N2CCC(F)(F)CC2)c1. The lowest BCUT2D eigenvalue weighted by Crippen LogP contribution is -2.39. The molecule has 0 saturated carbocycles. The average molecular weight is 243 g/mol. The van der Waals surface area contributed by atoms with Crippen molar-refractivity contribution in [3.8, 4) is 5.75 Å². The number of rotatable bonds is 1. The molecule has 1 heterocycles. The number of nitrogens with two attached hydrogens (primary N) is 2. The van der Waals surface area contributed by atoms with Gasteiger partial charge in [0.25, 0.3) is 5.92 Å². The molecule has 0 atom stereocenters. The van der Waals surface area contributed by atoms with Gasteiger partial charge in [-0.05, 0) is 12.1 Å². The van der Waals surface area contributed by atoms with E-state index in [1.807, 2.05) is 0 Å². The molecular weight excluding hydrogens is 228 g/mol. The summed E-state index contributed by atoms with van der Waals surface area (Å²) in [5.41, 5.74) is 12.2. The highest BCUT2D eigenvalue weighted by atomic mass is 19.3. The first-order chi connectivity index (χ1) is 7.89. The number of hydrogen-bond donors (Lipinski definition) is 3. The minimum atomic E-state index is -2.61. The van der Waals surface area contributed by atoms with E-state index < -0.39 is 5.92 Å². The molecule has 0 bridgehead atoms. The topological polar surface area (TPSA) is 75.5 Å². The second-order valence-electron chi connectivity index (χ2n) is 4.32. The summed E-state index contributed by atoms with van der Waals surface area (Å²) in [7, 11) is 0. The highest BCUT2D eigenvalue weighted by molar-refractivity contribution is 5.75. The minimum absolute atomic E-state index is 0.0931. The first-order valence-corrected chi connectivity index (χ1v) is 5.40. The number of hydrogen-bond acceptors (Lipinski definition) is 4. The summed E-state index contributed by atoms with van der Waals surface area (Å²) in [4.78, 5) is 1.68. The third-order valence-corrected chi connectivity index (χ3v) is 2.98. The normalized spacial score (nSPS) is 19.3. The van der Waals surface area contributed by atoms with Gasteiger partial charge < -0.3 is 21.5 Å². The van der Waals surface area contributed by atoms with Gasteiger partial charge in [-0.15, -0.1) is 0 Å². The maximum absolute atomic E-state index is 13.0. The summed E-state index contributed by atoms with van der Waals surface area (Å²) in [6, 6.07) is 2.99. The fourth-order valence-electron chi connectivity index (χ4n) is 1.98. The molecule has 2 rings (SSSR count). The molecule has 94 valence electrons. The van der Waals surface area contributed by atoms with Crippen molar-refractivity contribution >= 4 is 17.1 Å². The largest absolute Gasteiger partial charge is 0.504 e. The van der Waals surface area contributed by atoms with Gasteiger partial charge >= 0.3 is 0 Å². The molecule has 0 radical (unpaired) electrons. The van der Waals surface area contributed by atoms with Gasteiger partial charge in [0.15, 0.2) is 5.75 Å². The molecular formula is C11H15F2N3O. The molecule has 1 fully saturated rings. The van der Waals surface area contributed by atoms with Crippen molar-refractivity contribution in [1.29, 1.82) is 0 Å². The maximum Gasteiger partial charge on any atom is 0.251 e. The Balaban J connectivity index is 2.24. The van der Waals surface area contributed by atoms with Gasteiger partial charge in [0.05, 0.1) is 11.4 Å². The van der Waals surface area contributed by atoms with E-state index in [0.29, 0.717) is 11.4 Å². The van der Waals surface area contributed by atoms with E-state index >= 15 is 0 Å². The molecule has 1 saturated heterocycles. The van der Waals surface area contributed by atoms with Crippen LogP contribution in [0.5, 0.6) is 5.75 Å². The van der Waals surface area contributed by atoms with E-state index in [1.54, 1.807) is 11.0 Å². The summed E-state index contributed by atoms with van der Waals surface area (Å²) >= 11 is 0. The Bertz CT molecular complexity index is 427. The monoisotopic (exact) mass is 243 g/mol. The molecule has 1 aliphatic rings. The van der Waals surface area contributed by atoms with E-state index in [-0.39, 0.29) is 37.4 Å². The molecule has 0 unspecified atom stereocenters. The van der Waals surface area contributed by atoms with Gasteiger partial charge in [-0.2, -0.15) is 0 Å². The highest BCUT2D eigenvalue weighted by Crippen LogP contribution is 2.38. The molecule has 17 heavy (non-hydrogen) atoms. The second kappa shape index (κ2) is 3.94. The molecule has 6 heteroatoms. The van der Waals surface area contributed by atoms with Crippen molar-refractivity contribution < 1.29 is 13.9 Å². The summed E-state index contributed by atoms with van der Waals surface area (Å²) < 4.78 is 26.0. The van der Waals surface area contributed by atoms with Gasteiger partial charge in [-0.25, -0.2) is 8.78 Å². The molecule has 0 amide bonds. The molecule has 1 aromatic rings. The van der Waals surface area contributed by atoms with Gasteiger partial charge in [-0.1, -0.05) is 0 Å². The Morgan fingerprint density at radius 2 is 1.76 bits per heavy atom. The number of nitrogen functional groups attached to an aromatic ring is 2. The lowest BCUT2D eigenvalue weighted by Gasteiger charge is -2.34. The van der Waals surface area contributed by atoms with Crippen molar-refractivity contribution in [2.24, 2.45) is 0 Å². The maximum atomic E-state index is 13.0. The third kappa shape index (κ3) is 2.35. The standard InChI is InChI=1S/C11H15F2N3O/c12-11(13)1-3-16(4-2-11)9-6-7(14)5-8(15)10(9)17/h5-6,17H,1-4,14-15H2. The molecule has 1 aromatic carbocycles. The Labute approximate surface area is 97.8 Å². The van der Waals surface area contributed by atoms with Crippen LogP contribution in [-0.2, 0) is 0 Å². The van der Waals surface area contributed by atoms with Crippen molar-refractivity contribution in [1.82, 2.24) is 0 Å². The highest BCUT2D eigenvalue weighted by Gasteiger charge is 2.34. The Morgan fingerprint density at radius 3 is 2.35 bits per heavy atom. The van der Waals surface area contributed by atoms with Crippen molar-refractivity contribution in [3.05, 3.63) is 12.1 Å². The number of phenols is 1. The lowest BCUT2D eigenvalue weighted by atomic mass is 10.1. The average Bonchev–Trinajstić information content (AvgIpc) is 2.24. The van der Waals surface area contributed by atoms with Crippen LogP contribution in [0, 0.1) is 0 Å². The summed E-state index contributed by atoms with van der Waals surface area (Å²) in [6.45, 7) is 0.368.